The molecule has 10 heteroatoms. The average molecular weight is 490 g/mol. The van der Waals surface area contributed by atoms with Gasteiger partial charge in [0.15, 0.2) is 5.13 Å². The molecule has 1 N–H and O–H groups in total. The lowest BCUT2D eigenvalue weighted by atomic mass is 10.1. The van der Waals surface area contributed by atoms with Crippen molar-refractivity contribution in [3.63, 3.8) is 0 Å². The highest BCUT2D eigenvalue weighted by Crippen LogP contribution is 2.35. The van der Waals surface area contributed by atoms with E-state index in [-0.39, 0.29) is 17.3 Å². The maximum absolute atomic E-state index is 13.1. The third-order valence-corrected chi connectivity index (χ3v) is 5.31. The SMILES string of the molecule is CCCOc1ccc(C(F)(F)F)cc1NC(=O)C=Cc1csc(N(C(C)=O)c2ccccc2)n1. The predicted molar refractivity (Wildman–Crippen MR) is 126 cm³/mol. The minimum absolute atomic E-state index is 0.0799. The Morgan fingerprint density at radius 2 is 1.91 bits per heavy atom. The summed E-state index contributed by atoms with van der Waals surface area (Å²) in [7, 11) is 0. The molecule has 0 aliphatic heterocycles. The van der Waals surface area contributed by atoms with Crippen LogP contribution in [-0.4, -0.2) is 23.4 Å². The van der Waals surface area contributed by atoms with Crippen LogP contribution in [0.15, 0.2) is 60.0 Å². The molecule has 6 nitrogen and oxygen atoms in total. The molecule has 0 aliphatic rings. The summed E-state index contributed by atoms with van der Waals surface area (Å²) in [5.41, 5.74) is 0.0966. The first kappa shape index (κ1) is 25.0. The fourth-order valence-electron chi connectivity index (χ4n) is 2.94. The molecule has 0 spiro atoms. The first-order valence-electron chi connectivity index (χ1n) is 10.3. The monoisotopic (exact) mass is 489 g/mol. The average Bonchev–Trinajstić information content (AvgIpc) is 3.25. The number of hydrogen-bond donors (Lipinski definition) is 1. The third kappa shape index (κ3) is 6.44. The summed E-state index contributed by atoms with van der Waals surface area (Å²) in [6.07, 6.45) is -1.33. The van der Waals surface area contributed by atoms with Gasteiger partial charge in [0.25, 0.3) is 0 Å². The van der Waals surface area contributed by atoms with E-state index in [0.29, 0.717) is 29.5 Å². The number of para-hydroxylation sites is 1. The lowest BCUT2D eigenvalue weighted by Gasteiger charge is -2.17. The highest BCUT2D eigenvalue weighted by atomic mass is 32.1. The Morgan fingerprint density at radius 1 is 1.18 bits per heavy atom. The molecule has 0 aliphatic carbocycles. The maximum Gasteiger partial charge on any atom is 0.416 e. The molecule has 0 saturated carbocycles. The molecular formula is C24H22F3N3O3S. The van der Waals surface area contributed by atoms with Gasteiger partial charge in [0.2, 0.25) is 11.8 Å². The molecule has 0 radical (unpaired) electrons. The fraction of sp³-hybridized carbons (Fsp3) is 0.208. The van der Waals surface area contributed by atoms with Crippen LogP contribution in [0.25, 0.3) is 6.08 Å². The number of benzene rings is 2. The second-order valence-corrected chi connectivity index (χ2v) is 7.96. The second kappa shape index (κ2) is 11.0. The maximum atomic E-state index is 13.1. The van der Waals surface area contributed by atoms with Crippen LogP contribution in [0.1, 0.15) is 31.5 Å². The third-order valence-electron chi connectivity index (χ3n) is 4.46. The Balaban J connectivity index is 1.77. The van der Waals surface area contributed by atoms with Gasteiger partial charge in [-0.3, -0.25) is 14.5 Å². The van der Waals surface area contributed by atoms with Crippen LogP contribution in [0, 0.1) is 0 Å². The fourth-order valence-corrected chi connectivity index (χ4v) is 3.79. The lowest BCUT2D eigenvalue weighted by molar-refractivity contribution is -0.137. The smallest absolute Gasteiger partial charge is 0.416 e. The lowest BCUT2D eigenvalue weighted by Crippen LogP contribution is -2.22. The number of amides is 2. The van der Waals surface area contributed by atoms with Gasteiger partial charge in [-0.15, -0.1) is 11.3 Å². The second-order valence-electron chi connectivity index (χ2n) is 7.12. The highest BCUT2D eigenvalue weighted by molar-refractivity contribution is 7.14. The minimum Gasteiger partial charge on any atom is -0.491 e. The quantitative estimate of drug-likeness (QED) is 0.378. The zero-order valence-electron chi connectivity index (χ0n) is 18.4. The molecule has 0 saturated heterocycles. The normalized spacial score (nSPS) is 11.4. The van der Waals surface area contributed by atoms with E-state index < -0.39 is 17.6 Å². The molecule has 3 rings (SSSR count). The summed E-state index contributed by atoms with van der Waals surface area (Å²) < 4.78 is 44.8. The number of hydrogen-bond acceptors (Lipinski definition) is 5. The highest BCUT2D eigenvalue weighted by Gasteiger charge is 2.31. The molecular weight excluding hydrogens is 467 g/mol. The number of halogens is 3. The van der Waals surface area contributed by atoms with Crippen molar-refractivity contribution in [3.05, 3.63) is 71.2 Å². The Kier molecular flexibility index (Phi) is 8.06. The number of rotatable bonds is 8. The Bertz CT molecular complexity index is 1180. The van der Waals surface area contributed by atoms with Crippen molar-refractivity contribution in [2.45, 2.75) is 26.4 Å². The van der Waals surface area contributed by atoms with E-state index in [1.54, 1.807) is 29.6 Å². The van der Waals surface area contributed by atoms with Crippen molar-refractivity contribution in [2.24, 2.45) is 0 Å². The zero-order chi connectivity index (χ0) is 24.7. The first-order chi connectivity index (χ1) is 16.2. The summed E-state index contributed by atoms with van der Waals surface area (Å²) in [6.45, 7) is 3.57. The number of alkyl halides is 3. The molecule has 34 heavy (non-hydrogen) atoms. The van der Waals surface area contributed by atoms with E-state index in [9.17, 15) is 22.8 Å². The summed E-state index contributed by atoms with van der Waals surface area (Å²) in [5, 5.41) is 4.52. The van der Waals surface area contributed by atoms with E-state index in [1.807, 2.05) is 13.0 Å². The van der Waals surface area contributed by atoms with Crippen molar-refractivity contribution in [1.29, 1.82) is 0 Å². The van der Waals surface area contributed by atoms with E-state index in [4.69, 9.17) is 4.74 Å². The van der Waals surface area contributed by atoms with Crippen LogP contribution in [0.5, 0.6) is 5.75 Å². The van der Waals surface area contributed by atoms with E-state index in [0.717, 1.165) is 18.2 Å². The van der Waals surface area contributed by atoms with Gasteiger partial charge in [0.05, 0.1) is 29.2 Å². The van der Waals surface area contributed by atoms with Crippen molar-refractivity contribution < 1.29 is 27.5 Å². The molecule has 0 unspecified atom stereocenters. The van der Waals surface area contributed by atoms with Gasteiger partial charge in [-0.25, -0.2) is 4.98 Å². The van der Waals surface area contributed by atoms with Crippen molar-refractivity contribution in [2.75, 3.05) is 16.8 Å². The number of thiazole rings is 1. The molecule has 0 fully saturated rings. The van der Waals surface area contributed by atoms with Crippen LogP contribution in [-0.2, 0) is 15.8 Å². The van der Waals surface area contributed by atoms with Gasteiger partial charge < -0.3 is 10.1 Å². The first-order valence-corrected chi connectivity index (χ1v) is 11.2. The Morgan fingerprint density at radius 3 is 2.56 bits per heavy atom. The van der Waals surface area contributed by atoms with Crippen molar-refractivity contribution in [1.82, 2.24) is 4.98 Å². The predicted octanol–water partition coefficient (Wildman–Crippen LogP) is 6.29. The molecule has 1 aromatic heterocycles. The Labute approximate surface area is 198 Å². The molecule has 0 bridgehead atoms. The van der Waals surface area contributed by atoms with Gasteiger partial charge >= 0.3 is 6.18 Å². The van der Waals surface area contributed by atoms with Crippen LogP contribution >= 0.6 is 11.3 Å². The summed E-state index contributed by atoms with van der Waals surface area (Å²) in [6, 6.07) is 11.9. The van der Waals surface area contributed by atoms with Gasteiger partial charge in [-0.1, -0.05) is 25.1 Å². The number of anilines is 3. The largest absolute Gasteiger partial charge is 0.491 e. The van der Waals surface area contributed by atoms with Gasteiger partial charge in [-0.05, 0) is 42.8 Å². The number of nitrogens with zero attached hydrogens (tertiary/aromatic N) is 2. The van der Waals surface area contributed by atoms with Crippen LogP contribution in [0.2, 0.25) is 0 Å². The minimum atomic E-state index is -4.56. The molecule has 1 heterocycles. The molecule has 3 aromatic rings. The summed E-state index contributed by atoms with van der Waals surface area (Å²) >= 11 is 1.22. The van der Waals surface area contributed by atoms with Crippen LogP contribution < -0.4 is 15.0 Å². The standard InChI is InChI=1S/C24H22F3N3O3S/c1-3-13-33-21-11-9-17(24(25,26)27)14-20(21)29-22(32)12-10-18-15-34-23(28-18)30(16(2)31)19-7-5-4-6-8-19/h4-12,14-15H,3,13H2,1-2H3,(H,29,32). The van der Waals surface area contributed by atoms with E-state index in [2.05, 4.69) is 10.3 Å². The van der Waals surface area contributed by atoms with E-state index in [1.165, 1.54) is 35.3 Å². The topological polar surface area (TPSA) is 71.5 Å². The zero-order valence-corrected chi connectivity index (χ0v) is 19.2. The number of carbonyl (C=O) groups excluding carboxylic acids is 2. The van der Waals surface area contributed by atoms with Gasteiger partial charge in [0, 0.05) is 18.4 Å². The number of ether oxygens (including phenoxy) is 1. The van der Waals surface area contributed by atoms with Crippen LogP contribution in [0.4, 0.5) is 29.7 Å². The molecule has 178 valence electrons. The summed E-state index contributed by atoms with van der Waals surface area (Å²) in [5.74, 6) is -0.729. The van der Waals surface area contributed by atoms with Crippen molar-refractivity contribution in [3.8, 4) is 5.75 Å². The van der Waals surface area contributed by atoms with Crippen molar-refractivity contribution >= 4 is 45.7 Å². The molecule has 2 amide bonds. The van der Waals surface area contributed by atoms with E-state index >= 15 is 0 Å². The number of nitrogens with one attached hydrogen (secondary N) is 1. The van der Waals surface area contributed by atoms with Gasteiger partial charge in [0.1, 0.15) is 5.75 Å². The summed E-state index contributed by atoms with van der Waals surface area (Å²) in [4.78, 5) is 30.4. The molecule has 0 atom stereocenters. The molecule has 2 aromatic carbocycles. The van der Waals surface area contributed by atoms with Crippen LogP contribution in [0.3, 0.4) is 0 Å². The Hall–Kier alpha value is -3.66. The van der Waals surface area contributed by atoms with Gasteiger partial charge in [-0.2, -0.15) is 13.2 Å². The number of aromatic nitrogens is 1. The number of carbonyl (C=O) groups is 2.